The Kier molecular flexibility index (Phi) is 3.16. The van der Waals surface area contributed by atoms with Crippen molar-refractivity contribution in [1.82, 2.24) is 0 Å². The summed E-state index contributed by atoms with van der Waals surface area (Å²) in [5, 5.41) is 1.18. The minimum atomic E-state index is -0.704. The maximum absolute atomic E-state index is 3.42. The van der Waals surface area contributed by atoms with Crippen molar-refractivity contribution in [3.05, 3.63) is 0 Å². The Morgan fingerprint density at radius 1 is 1.29 bits per heavy atom. The zero-order valence-corrected chi connectivity index (χ0v) is 7.88. The first-order valence-electron chi connectivity index (χ1n) is 2.62. The molecule has 0 aromatic carbocycles. The lowest BCUT2D eigenvalue weighted by atomic mass is 11.0. The van der Waals surface area contributed by atoms with Gasteiger partial charge in [0.1, 0.15) is 0 Å². The van der Waals surface area contributed by atoms with Gasteiger partial charge in [-0.1, -0.05) is 35.6 Å². The number of hydrogen-bond acceptors (Lipinski definition) is 0. The maximum Gasteiger partial charge on any atom is 0.0450 e. The molecule has 0 radical (unpaired) electrons. The normalized spacial score (nSPS) is 12.0. The van der Waals surface area contributed by atoms with Crippen LogP contribution in [0.4, 0.5) is 0 Å². The van der Waals surface area contributed by atoms with E-state index in [2.05, 4.69) is 35.6 Å². The Hall–Kier alpha value is 0.697. The summed E-state index contributed by atoms with van der Waals surface area (Å²) in [6.45, 7) is 7.15. The van der Waals surface area contributed by atoms with Gasteiger partial charge in [0.15, 0.2) is 0 Å². The molecule has 0 nitrogen and oxygen atoms in total. The van der Waals surface area contributed by atoms with E-state index in [0.717, 1.165) is 0 Å². The standard InChI is InChI=1S/C5H13BrSi/c1-7(2,3)5-4-6/h4-5H2,1-3H3. The van der Waals surface area contributed by atoms with Gasteiger partial charge in [0, 0.05) is 13.4 Å². The Balaban J connectivity index is 3.15. The van der Waals surface area contributed by atoms with Crippen LogP contribution in [0.15, 0.2) is 0 Å². The van der Waals surface area contributed by atoms with E-state index >= 15 is 0 Å². The summed E-state index contributed by atoms with van der Waals surface area (Å²) in [6.07, 6.45) is 0. The third-order valence-electron chi connectivity index (χ3n) is 0.844. The lowest BCUT2D eigenvalue weighted by Crippen LogP contribution is -2.19. The Labute approximate surface area is 55.4 Å². The highest BCUT2D eigenvalue weighted by atomic mass is 79.9. The highest BCUT2D eigenvalue weighted by Gasteiger charge is 2.09. The highest BCUT2D eigenvalue weighted by molar-refractivity contribution is 9.09. The smallest absolute Gasteiger partial charge is 0.0450 e. The Morgan fingerprint density at radius 2 is 1.71 bits per heavy atom. The lowest BCUT2D eigenvalue weighted by Gasteiger charge is -2.11. The molecule has 2 heteroatoms. The van der Waals surface area contributed by atoms with Crippen molar-refractivity contribution >= 4 is 24.0 Å². The number of rotatable bonds is 2. The van der Waals surface area contributed by atoms with Gasteiger partial charge in [-0.3, -0.25) is 0 Å². The molecule has 0 rings (SSSR count). The van der Waals surface area contributed by atoms with Gasteiger partial charge in [0.25, 0.3) is 0 Å². The third-order valence-corrected chi connectivity index (χ3v) is 3.72. The summed E-state index contributed by atoms with van der Waals surface area (Å²) in [5.41, 5.74) is 0. The lowest BCUT2D eigenvalue weighted by molar-refractivity contribution is 1.39. The minimum absolute atomic E-state index is 0.704. The second-order valence-electron chi connectivity index (χ2n) is 3.00. The van der Waals surface area contributed by atoms with Crippen LogP contribution >= 0.6 is 15.9 Å². The van der Waals surface area contributed by atoms with Crippen LogP contribution in [0.3, 0.4) is 0 Å². The van der Waals surface area contributed by atoms with Crippen LogP contribution in [0.25, 0.3) is 0 Å². The maximum atomic E-state index is 3.42. The van der Waals surface area contributed by atoms with Crippen molar-refractivity contribution in [3.63, 3.8) is 0 Å². The van der Waals surface area contributed by atoms with E-state index in [9.17, 15) is 0 Å². The van der Waals surface area contributed by atoms with Crippen LogP contribution in [0.2, 0.25) is 25.7 Å². The van der Waals surface area contributed by atoms with Gasteiger partial charge >= 0.3 is 0 Å². The SMILES string of the molecule is C[Si](C)(C)CCBr. The fourth-order valence-corrected chi connectivity index (χ4v) is 4.42. The number of hydrogen-bond donors (Lipinski definition) is 0. The van der Waals surface area contributed by atoms with Crippen molar-refractivity contribution in [2.24, 2.45) is 0 Å². The molecule has 0 bridgehead atoms. The monoisotopic (exact) mass is 180 g/mol. The van der Waals surface area contributed by atoms with Gasteiger partial charge < -0.3 is 0 Å². The summed E-state index contributed by atoms with van der Waals surface area (Å²) < 4.78 is 0. The largest absolute Gasteiger partial charge is 0.0931 e. The predicted molar refractivity (Wildman–Crippen MR) is 41.9 cm³/mol. The molecule has 0 N–H and O–H groups in total. The molecule has 0 unspecified atom stereocenters. The fraction of sp³-hybridized carbons (Fsp3) is 1.00. The first kappa shape index (κ1) is 7.70. The molecular formula is C5H13BrSi. The van der Waals surface area contributed by atoms with Crippen LogP contribution in [-0.4, -0.2) is 13.4 Å². The van der Waals surface area contributed by atoms with Crippen LogP contribution in [0.1, 0.15) is 0 Å². The summed E-state index contributed by atoms with van der Waals surface area (Å²) in [6, 6.07) is 1.40. The van der Waals surface area contributed by atoms with Gasteiger partial charge in [-0.25, -0.2) is 0 Å². The average Bonchev–Trinajstić information content (AvgIpc) is 1.30. The first-order chi connectivity index (χ1) is 3.06. The molecule has 0 aromatic rings. The van der Waals surface area contributed by atoms with Crippen molar-refractivity contribution in [1.29, 1.82) is 0 Å². The van der Waals surface area contributed by atoms with E-state index in [0.29, 0.717) is 0 Å². The molecule has 0 atom stereocenters. The van der Waals surface area contributed by atoms with E-state index in [1.807, 2.05) is 0 Å². The topological polar surface area (TPSA) is 0 Å². The van der Waals surface area contributed by atoms with Crippen LogP contribution in [0.5, 0.6) is 0 Å². The average molecular weight is 181 g/mol. The molecule has 0 fully saturated rings. The molecule has 0 spiro atoms. The van der Waals surface area contributed by atoms with Gasteiger partial charge in [0.05, 0.1) is 0 Å². The molecule has 7 heavy (non-hydrogen) atoms. The van der Waals surface area contributed by atoms with E-state index < -0.39 is 8.07 Å². The third kappa shape index (κ3) is 6.70. The van der Waals surface area contributed by atoms with Crippen LogP contribution < -0.4 is 0 Å². The minimum Gasteiger partial charge on any atom is -0.0931 e. The molecule has 44 valence electrons. The van der Waals surface area contributed by atoms with Crippen molar-refractivity contribution in [3.8, 4) is 0 Å². The molecule has 0 aliphatic rings. The zero-order chi connectivity index (χ0) is 5.91. The summed E-state index contributed by atoms with van der Waals surface area (Å²) in [7, 11) is -0.704. The molecule has 0 saturated carbocycles. The van der Waals surface area contributed by atoms with E-state index in [4.69, 9.17) is 0 Å². The number of halogens is 1. The van der Waals surface area contributed by atoms with Gasteiger partial charge in [-0.15, -0.1) is 0 Å². The van der Waals surface area contributed by atoms with E-state index in [1.165, 1.54) is 11.4 Å². The molecule has 0 saturated heterocycles. The fourth-order valence-electron chi connectivity index (χ4n) is 0.283. The number of alkyl halides is 1. The quantitative estimate of drug-likeness (QED) is 0.454. The van der Waals surface area contributed by atoms with Crippen molar-refractivity contribution in [2.45, 2.75) is 25.7 Å². The summed E-state index contributed by atoms with van der Waals surface area (Å²) in [5.74, 6) is 0. The van der Waals surface area contributed by atoms with E-state index in [-0.39, 0.29) is 0 Å². The predicted octanol–water partition coefficient (Wildman–Crippen LogP) is 2.72. The second-order valence-corrected chi connectivity index (χ2v) is 9.41. The van der Waals surface area contributed by atoms with Crippen molar-refractivity contribution < 1.29 is 0 Å². The molecule has 0 aromatic heterocycles. The second kappa shape index (κ2) is 2.87. The van der Waals surface area contributed by atoms with Crippen LogP contribution in [0, 0.1) is 0 Å². The van der Waals surface area contributed by atoms with Gasteiger partial charge in [-0.2, -0.15) is 0 Å². The molecule has 0 amide bonds. The first-order valence-corrected chi connectivity index (χ1v) is 7.45. The van der Waals surface area contributed by atoms with Crippen molar-refractivity contribution in [2.75, 3.05) is 5.33 Å². The molecular weight excluding hydrogens is 168 g/mol. The van der Waals surface area contributed by atoms with Gasteiger partial charge in [0.2, 0.25) is 0 Å². The highest BCUT2D eigenvalue weighted by Crippen LogP contribution is 2.08. The Bertz CT molecular complexity index is 46.5. The zero-order valence-electron chi connectivity index (χ0n) is 5.29. The summed E-state index contributed by atoms with van der Waals surface area (Å²) in [4.78, 5) is 0. The van der Waals surface area contributed by atoms with Crippen LogP contribution in [-0.2, 0) is 0 Å². The van der Waals surface area contributed by atoms with Gasteiger partial charge in [-0.05, 0) is 6.04 Å². The molecule has 0 aliphatic carbocycles. The van der Waals surface area contributed by atoms with E-state index in [1.54, 1.807) is 0 Å². The Morgan fingerprint density at radius 3 is 1.71 bits per heavy atom. The summed E-state index contributed by atoms with van der Waals surface area (Å²) >= 11 is 3.42. The molecule has 0 aliphatic heterocycles. The molecule has 0 heterocycles.